The first kappa shape index (κ1) is 18.3. The summed E-state index contributed by atoms with van der Waals surface area (Å²) in [5.74, 6) is -0.930. The van der Waals surface area contributed by atoms with E-state index < -0.39 is 17.3 Å². The van der Waals surface area contributed by atoms with Gasteiger partial charge in [-0.15, -0.1) is 11.3 Å². The van der Waals surface area contributed by atoms with Crippen molar-refractivity contribution in [1.82, 2.24) is 24.7 Å². The molecule has 0 aliphatic rings. The number of amides is 1. The Bertz CT molecular complexity index is 1220. The highest BCUT2D eigenvalue weighted by Crippen LogP contribution is 2.23. The molecule has 0 radical (unpaired) electrons. The molecule has 0 bridgehead atoms. The van der Waals surface area contributed by atoms with Gasteiger partial charge in [0.25, 0.3) is 5.56 Å². The van der Waals surface area contributed by atoms with E-state index in [-0.39, 0.29) is 18.1 Å². The lowest BCUT2D eigenvalue weighted by atomic mass is 10.2. The summed E-state index contributed by atoms with van der Waals surface area (Å²) in [7, 11) is 0. The molecule has 0 spiro atoms. The number of hydrogen-bond donors (Lipinski definition) is 1. The molecule has 3 heterocycles. The van der Waals surface area contributed by atoms with Crippen LogP contribution in [0.3, 0.4) is 0 Å². The van der Waals surface area contributed by atoms with Crippen LogP contribution in [0.2, 0.25) is 5.02 Å². The molecule has 1 aromatic carbocycles. The maximum absolute atomic E-state index is 13.2. The maximum atomic E-state index is 13.2. The third-order valence-corrected chi connectivity index (χ3v) is 5.21. The molecule has 1 N–H and O–H groups in total. The zero-order valence-electron chi connectivity index (χ0n) is 14.3. The monoisotopic (exact) mass is 417 g/mol. The van der Waals surface area contributed by atoms with Gasteiger partial charge in [-0.3, -0.25) is 9.59 Å². The van der Waals surface area contributed by atoms with Crippen LogP contribution in [0.25, 0.3) is 16.1 Å². The number of nitrogens with zero attached hydrogens (tertiary/aromatic N) is 4. The van der Waals surface area contributed by atoms with Gasteiger partial charge in [0.15, 0.2) is 0 Å². The maximum Gasteiger partial charge on any atom is 0.293 e. The number of aromatic nitrogens is 4. The standard InChI is InChI=1S/C18H13ClFN5O2S/c19-12-6-11(3-4-13(12)20)8-21-17(26)9-24-18(27)15-7-14(16-2-1-5-28-16)23-25(15)10-22-24/h1-7,10H,8-9H2,(H,21,26). The predicted octanol–water partition coefficient (Wildman–Crippen LogP) is 2.73. The van der Waals surface area contributed by atoms with Crippen LogP contribution < -0.4 is 10.9 Å². The molecule has 0 saturated carbocycles. The van der Waals surface area contributed by atoms with E-state index in [1.54, 1.807) is 6.07 Å². The van der Waals surface area contributed by atoms with Crippen LogP contribution in [-0.4, -0.2) is 25.3 Å². The second-order valence-electron chi connectivity index (χ2n) is 5.96. The van der Waals surface area contributed by atoms with Gasteiger partial charge in [0.05, 0.1) is 9.90 Å². The van der Waals surface area contributed by atoms with Gasteiger partial charge >= 0.3 is 0 Å². The predicted molar refractivity (Wildman–Crippen MR) is 104 cm³/mol. The molecule has 28 heavy (non-hydrogen) atoms. The molecule has 0 fully saturated rings. The third kappa shape index (κ3) is 3.67. The lowest BCUT2D eigenvalue weighted by Crippen LogP contribution is -2.34. The SMILES string of the molecule is O=C(Cn1ncn2nc(-c3cccs3)cc2c1=O)NCc1ccc(F)c(Cl)c1. The van der Waals surface area contributed by atoms with Gasteiger partial charge in [0.2, 0.25) is 5.91 Å². The Hall–Kier alpha value is -3.04. The average molecular weight is 418 g/mol. The Balaban J connectivity index is 1.49. The number of carbonyl (C=O) groups is 1. The molecule has 0 unspecified atom stereocenters. The van der Waals surface area contributed by atoms with Crippen molar-refractivity contribution in [2.24, 2.45) is 0 Å². The quantitative estimate of drug-likeness (QED) is 0.541. The second-order valence-corrected chi connectivity index (χ2v) is 7.31. The molecule has 4 rings (SSSR count). The summed E-state index contributed by atoms with van der Waals surface area (Å²) in [5.41, 5.74) is 1.23. The van der Waals surface area contributed by atoms with E-state index in [9.17, 15) is 14.0 Å². The van der Waals surface area contributed by atoms with Crippen molar-refractivity contribution in [3.63, 3.8) is 0 Å². The fraction of sp³-hybridized carbons (Fsp3) is 0.111. The number of hydrogen-bond acceptors (Lipinski definition) is 5. The highest BCUT2D eigenvalue weighted by atomic mass is 35.5. The van der Waals surface area contributed by atoms with E-state index in [0.29, 0.717) is 16.8 Å². The molecular formula is C18H13ClFN5O2S. The molecule has 0 saturated heterocycles. The van der Waals surface area contributed by atoms with Gasteiger partial charge in [-0.05, 0) is 35.2 Å². The van der Waals surface area contributed by atoms with Gasteiger partial charge in [-0.25, -0.2) is 13.6 Å². The molecule has 0 atom stereocenters. The molecule has 1 amide bonds. The zero-order chi connectivity index (χ0) is 19.7. The fourth-order valence-corrected chi connectivity index (χ4v) is 3.52. The molecule has 0 aliphatic heterocycles. The zero-order valence-corrected chi connectivity index (χ0v) is 15.9. The second kappa shape index (κ2) is 7.53. The molecule has 0 aliphatic carbocycles. The Morgan fingerprint density at radius 1 is 1.29 bits per heavy atom. The van der Waals surface area contributed by atoms with Crippen LogP contribution >= 0.6 is 22.9 Å². The van der Waals surface area contributed by atoms with Crippen molar-refractivity contribution in [1.29, 1.82) is 0 Å². The van der Waals surface area contributed by atoms with Gasteiger partial charge in [-0.2, -0.15) is 10.2 Å². The summed E-state index contributed by atoms with van der Waals surface area (Å²) < 4.78 is 15.6. The first-order chi connectivity index (χ1) is 13.5. The van der Waals surface area contributed by atoms with Gasteiger partial charge in [0, 0.05) is 6.54 Å². The summed E-state index contributed by atoms with van der Waals surface area (Å²) in [5, 5.41) is 12.9. The topological polar surface area (TPSA) is 81.3 Å². The molecule has 3 aromatic heterocycles. The van der Waals surface area contributed by atoms with Crippen molar-refractivity contribution in [3.8, 4) is 10.6 Å². The lowest BCUT2D eigenvalue weighted by Gasteiger charge is -2.07. The summed E-state index contributed by atoms with van der Waals surface area (Å²) >= 11 is 7.24. The van der Waals surface area contributed by atoms with Gasteiger partial charge < -0.3 is 5.32 Å². The average Bonchev–Trinajstić information content (AvgIpc) is 3.34. The lowest BCUT2D eigenvalue weighted by molar-refractivity contribution is -0.122. The van der Waals surface area contributed by atoms with E-state index in [2.05, 4.69) is 15.5 Å². The number of rotatable bonds is 5. The van der Waals surface area contributed by atoms with Crippen molar-refractivity contribution in [3.05, 3.63) is 74.9 Å². The molecule has 4 aromatic rings. The molecule has 142 valence electrons. The van der Waals surface area contributed by atoms with E-state index >= 15 is 0 Å². The van der Waals surface area contributed by atoms with Crippen molar-refractivity contribution >= 4 is 34.4 Å². The van der Waals surface area contributed by atoms with Crippen LogP contribution in [0.5, 0.6) is 0 Å². The summed E-state index contributed by atoms with van der Waals surface area (Å²) in [6, 6.07) is 9.68. The van der Waals surface area contributed by atoms with Crippen LogP contribution in [0.15, 0.2) is 52.9 Å². The summed E-state index contributed by atoms with van der Waals surface area (Å²) in [6.07, 6.45) is 1.39. The Labute approximate surface area is 167 Å². The minimum Gasteiger partial charge on any atom is -0.350 e. The van der Waals surface area contributed by atoms with Gasteiger partial charge in [0.1, 0.15) is 29.9 Å². The summed E-state index contributed by atoms with van der Waals surface area (Å²) in [6.45, 7) is -0.0885. The minimum atomic E-state index is -0.525. The van der Waals surface area contributed by atoms with E-state index in [1.807, 2.05) is 17.5 Å². The minimum absolute atomic E-state index is 0.0163. The highest BCUT2D eigenvalue weighted by molar-refractivity contribution is 7.13. The Morgan fingerprint density at radius 2 is 2.14 bits per heavy atom. The van der Waals surface area contributed by atoms with Gasteiger partial charge in [-0.1, -0.05) is 23.7 Å². The van der Waals surface area contributed by atoms with E-state index in [0.717, 1.165) is 9.56 Å². The smallest absolute Gasteiger partial charge is 0.293 e. The number of benzene rings is 1. The summed E-state index contributed by atoms with van der Waals surface area (Å²) in [4.78, 5) is 25.7. The van der Waals surface area contributed by atoms with Crippen LogP contribution in [0.1, 0.15) is 5.56 Å². The largest absolute Gasteiger partial charge is 0.350 e. The number of nitrogens with one attached hydrogen (secondary N) is 1. The first-order valence-corrected chi connectivity index (χ1v) is 9.47. The van der Waals surface area contributed by atoms with Crippen molar-refractivity contribution in [2.75, 3.05) is 0 Å². The Kier molecular flexibility index (Phi) is 4.93. The molecule has 7 nitrogen and oxygen atoms in total. The van der Waals surface area contributed by atoms with Crippen molar-refractivity contribution < 1.29 is 9.18 Å². The third-order valence-electron chi connectivity index (χ3n) is 4.03. The number of carbonyl (C=O) groups excluding carboxylic acids is 1. The first-order valence-electron chi connectivity index (χ1n) is 8.21. The van der Waals surface area contributed by atoms with Crippen LogP contribution in [0, 0.1) is 5.82 Å². The van der Waals surface area contributed by atoms with Crippen LogP contribution in [-0.2, 0) is 17.9 Å². The van der Waals surface area contributed by atoms with Crippen molar-refractivity contribution in [2.45, 2.75) is 13.1 Å². The fourth-order valence-electron chi connectivity index (χ4n) is 2.64. The number of thiophene rings is 1. The van der Waals surface area contributed by atoms with E-state index in [1.165, 1.54) is 40.4 Å². The highest BCUT2D eigenvalue weighted by Gasteiger charge is 2.13. The normalized spacial score (nSPS) is 11.1. The number of fused-ring (bicyclic) bond motifs is 1. The van der Waals surface area contributed by atoms with E-state index in [4.69, 9.17) is 11.6 Å². The van der Waals surface area contributed by atoms with Crippen LogP contribution in [0.4, 0.5) is 4.39 Å². The Morgan fingerprint density at radius 3 is 2.89 bits per heavy atom. The molecule has 10 heteroatoms. The number of halogens is 2. The molecular weight excluding hydrogens is 405 g/mol.